The van der Waals surface area contributed by atoms with Crippen molar-refractivity contribution in [3.05, 3.63) is 0 Å². The SMILES string of the molecule is Br.[NH2][Ir]([NH2])([NH2])([NH2])([NH2])[Cl]. The van der Waals surface area contributed by atoms with E-state index in [-0.39, 0.29) is 17.0 Å². The maximum absolute atomic E-state index is 5.19. The molecular formula is H11BrClIrN5. The Bertz CT molecular complexity index is 71.0. The zero-order chi connectivity index (χ0) is 6.41. The van der Waals surface area contributed by atoms with Crippen LogP contribution >= 0.6 is 26.6 Å². The Morgan fingerprint density at radius 3 is 0.875 bits per heavy atom. The van der Waals surface area contributed by atoms with Gasteiger partial charge in [-0.25, -0.2) is 0 Å². The summed E-state index contributed by atoms with van der Waals surface area (Å²) in [7, 11) is 5.12. The average Bonchev–Trinajstić information content (AvgIpc) is 0.592. The van der Waals surface area contributed by atoms with E-state index in [1.165, 1.54) is 0 Å². The maximum atomic E-state index is 5.12. The summed E-state index contributed by atoms with van der Waals surface area (Å²) in [5.41, 5.74) is 0. The Hall–Kier alpha value is 1.22. The fraction of sp³-hybridized carbons (Fsp3) is 0. The van der Waals surface area contributed by atoms with Crippen molar-refractivity contribution in [2.24, 2.45) is 22.0 Å². The molecule has 0 unspecified atom stereocenters. The van der Waals surface area contributed by atoms with E-state index < -0.39 is 13.1 Å². The molecule has 0 aromatic heterocycles. The number of nitrogens with two attached hydrogens (primary N) is 5. The third-order valence-corrected chi connectivity index (χ3v) is 0. The van der Waals surface area contributed by atoms with Crippen LogP contribution in [0.2, 0.25) is 0 Å². The molecule has 0 aromatic rings. The summed E-state index contributed by atoms with van der Waals surface area (Å²) in [5, 5.41) is 0. The number of rotatable bonds is 0. The zero-order valence-corrected chi connectivity index (χ0v) is 8.87. The van der Waals surface area contributed by atoms with Crippen LogP contribution in [-0.4, -0.2) is 0 Å². The standard InChI is InChI=1S/BrH.ClH.Ir.5H2N/h2*1H;;5*1H2/q;;+6;5*-1/p-1. The van der Waals surface area contributed by atoms with Gasteiger partial charge in [0.1, 0.15) is 0 Å². The molecule has 0 spiro atoms. The Morgan fingerprint density at radius 1 is 0.875 bits per heavy atom. The van der Waals surface area contributed by atoms with Gasteiger partial charge in [0.25, 0.3) is 0 Å². The normalized spacial score (nSPS) is 20.2. The molecule has 0 heterocycles. The van der Waals surface area contributed by atoms with Crippen molar-refractivity contribution in [2.75, 3.05) is 0 Å². The van der Waals surface area contributed by atoms with Gasteiger partial charge in [-0.1, -0.05) is 0 Å². The molecule has 0 amide bonds. The van der Waals surface area contributed by atoms with Gasteiger partial charge >= 0.3 is 44.7 Å². The van der Waals surface area contributed by atoms with Crippen molar-refractivity contribution in [3.63, 3.8) is 0 Å². The number of hydrogen-bond acceptors (Lipinski definition) is 5. The van der Waals surface area contributed by atoms with Gasteiger partial charge in [-0.15, -0.1) is 17.0 Å². The summed E-state index contributed by atoms with van der Waals surface area (Å²) in [6.45, 7) is 0. The predicted molar refractivity (Wildman–Crippen MR) is 37.1 cm³/mol. The monoisotopic (exact) mass is 388 g/mol. The summed E-state index contributed by atoms with van der Waals surface area (Å²) in [5.74, 6) is 0. The van der Waals surface area contributed by atoms with Crippen LogP contribution in [0, 0.1) is 0 Å². The predicted octanol–water partition coefficient (Wildman–Crippen LogP) is -1.69. The molecule has 0 atom stereocenters. The van der Waals surface area contributed by atoms with E-state index in [1.54, 1.807) is 0 Å². The second kappa shape index (κ2) is 1.63. The van der Waals surface area contributed by atoms with E-state index in [9.17, 15) is 0 Å². The Balaban J connectivity index is 0. The minimum atomic E-state index is -5.19. The van der Waals surface area contributed by atoms with E-state index in [0.717, 1.165) is 0 Å². The van der Waals surface area contributed by atoms with E-state index in [1.807, 2.05) is 0 Å². The van der Waals surface area contributed by atoms with Crippen molar-refractivity contribution in [2.45, 2.75) is 0 Å². The first-order valence-corrected chi connectivity index (χ1v) is 11.0. The summed E-state index contributed by atoms with van der Waals surface area (Å²) in [4.78, 5) is 0. The molecule has 0 aliphatic carbocycles. The molecule has 59 valence electrons. The van der Waals surface area contributed by atoms with Gasteiger partial charge in [0.15, 0.2) is 0 Å². The summed E-state index contributed by atoms with van der Waals surface area (Å²) in [6.07, 6.45) is 0. The van der Waals surface area contributed by atoms with Gasteiger partial charge in [0, 0.05) is 0 Å². The second-order valence-corrected chi connectivity index (χ2v) is 18.0. The summed E-state index contributed by atoms with van der Waals surface area (Å²) in [6, 6.07) is 0. The van der Waals surface area contributed by atoms with Crippen LogP contribution in [0.4, 0.5) is 0 Å². The molecule has 0 aromatic carbocycles. The van der Waals surface area contributed by atoms with Crippen molar-refractivity contribution >= 4 is 26.6 Å². The van der Waals surface area contributed by atoms with E-state index in [4.69, 9.17) is 31.6 Å². The fourth-order valence-corrected chi connectivity index (χ4v) is 0. The van der Waals surface area contributed by atoms with Crippen molar-refractivity contribution < 1.29 is 13.1 Å². The van der Waals surface area contributed by atoms with Gasteiger partial charge in [0.2, 0.25) is 0 Å². The molecule has 8 heavy (non-hydrogen) atoms. The van der Waals surface area contributed by atoms with Crippen LogP contribution in [-0.2, 0) is 13.1 Å². The topological polar surface area (TPSA) is 130 Å². The zero-order valence-electron chi connectivity index (χ0n) is 4.01. The molecule has 0 saturated carbocycles. The van der Waals surface area contributed by atoms with Gasteiger partial charge < -0.3 is 0 Å². The van der Waals surface area contributed by atoms with Gasteiger partial charge in [0.05, 0.1) is 0 Å². The fourth-order valence-electron chi connectivity index (χ4n) is 0. The molecule has 10 N–H and O–H groups in total. The molecule has 0 rings (SSSR count). The van der Waals surface area contributed by atoms with Crippen molar-refractivity contribution in [3.8, 4) is 0 Å². The van der Waals surface area contributed by atoms with Crippen LogP contribution in [0.15, 0.2) is 0 Å². The van der Waals surface area contributed by atoms with Gasteiger partial charge in [-0.2, -0.15) is 0 Å². The third kappa shape index (κ3) is 188. The van der Waals surface area contributed by atoms with Crippen molar-refractivity contribution in [1.29, 1.82) is 0 Å². The van der Waals surface area contributed by atoms with E-state index in [0.29, 0.717) is 0 Å². The molecule has 0 bridgehead atoms. The first-order valence-electron chi connectivity index (χ1n) is 1.09. The minimum absolute atomic E-state index is 0. The molecule has 0 radical (unpaired) electrons. The van der Waals surface area contributed by atoms with Crippen LogP contribution < -0.4 is 22.0 Å². The number of halogens is 2. The molecule has 0 aliphatic rings. The van der Waals surface area contributed by atoms with Crippen LogP contribution in [0.25, 0.3) is 0 Å². The van der Waals surface area contributed by atoms with Crippen LogP contribution in [0.5, 0.6) is 0 Å². The first kappa shape index (κ1) is 12.0. The van der Waals surface area contributed by atoms with Crippen molar-refractivity contribution in [1.82, 2.24) is 0 Å². The Kier molecular flexibility index (Phi) is 2.43. The van der Waals surface area contributed by atoms with Gasteiger partial charge in [-0.3, -0.25) is 0 Å². The quantitative estimate of drug-likeness (QED) is 0.338. The summed E-state index contributed by atoms with van der Waals surface area (Å²) >= 11 is -5.19. The Labute approximate surface area is 61.6 Å². The molecule has 8 heteroatoms. The molecule has 0 fully saturated rings. The second-order valence-electron chi connectivity index (χ2n) is 1.47. The molecular weight excluding hydrogens is 378 g/mol. The van der Waals surface area contributed by atoms with E-state index in [2.05, 4.69) is 0 Å². The molecule has 5 nitrogen and oxygen atoms in total. The van der Waals surface area contributed by atoms with E-state index >= 15 is 0 Å². The average molecular weight is 389 g/mol. The van der Waals surface area contributed by atoms with Crippen LogP contribution in [0.1, 0.15) is 0 Å². The number of hydrogen-bond donors (Lipinski definition) is 5. The third-order valence-electron chi connectivity index (χ3n) is 0. The van der Waals surface area contributed by atoms with Crippen LogP contribution in [0.3, 0.4) is 0 Å². The molecule has 0 saturated heterocycles. The van der Waals surface area contributed by atoms with Gasteiger partial charge in [-0.05, 0) is 0 Å². The summed E-state index contributed by atoms with van der Waals surface area (Å²) < 4.78 is 24.5. The Morgan fingerprint density at radius 2 is 0.875 bits per heavy atom. The first-order chi connectivity index (χ1) is 2.45. The molecule has 0 aliphatic heterocycles.